The lowest BCUT2D eigenvalue weighted by atomic mass is 10.1. The van der Waals surface area contributed by atoms with E-state index in [1.54, 1.807) is 0 Å². The Labute approximate surface area is 209 Å². The molecule has 1 atom stereocenters. The third-order valence-corrected chi connectivity index (χ3v) is 5.78. The number of alkyl halides is 6. The summed E-state index contributed by atoms with van der Waals surface area (Å²) in [5.41, 5.74) is -1.33. The fourth-order valence-corrected chi connectivity index (χ4v) is 4.16. The summed E-state index contributed by atoms with van der Waals surface area (Å²) < 4.78 is 87.8. The maximum absolute atomic E-state index is 13.5. The van der Waals surface area contributed by atoms with Crippen molar-refractivity contribution in [1.82, 2.24) is 30.0 Å². The number of hydrogen-bond donors (Lipinski definition) is 0. The maximum Gasteiger partial charge on any atom is 0.573 e. The van der Waals surface area contributed by atoms with E-state index in [9.17, 15) is 31.1 Å². The quantitative estimate of drug-likeness (QED) is 0.322. The Morgan fingerprint density at radius 3 is 2.47 bits per heavy atom. The van der Waals surface area contributed by atoms with Gasteiger partial charge in [0.25, 0.3) is 5.91 Å². The summed E-state index contributed by atoms with van der Waals surface area (Å²) in [5, 5.41) is 11.5. The number of para-hydroxylation sites is 1. The molecule has 0 spiro atoms. The van der Waals surface area contributed by atoms with Crippen molar-refractivity contribution in [3.05, 3.63) is 71.9 Å². The molecule has 1 unspecified atom stereocenters. The SMILES string of the molecule is O=C(c1ccc(C(F)(F)F)cc1-n1nccn1)N1CCCC1c1nc(-c2ccccc2OC(F)(F)F)no1. The molecule has 2 aromatic heterocycles. The van der Waals surface area contributed by atoms with E-state index in [0.717, 1.165) is 29.1 Å². The second kappa shape index (κ2) is 9.46. The van der Waals surface area contributed by atoms with Gasteiger partial charge in [0.1, 0.15) is 11.8 Å². The Kier molecular flexibility index (Phi) is 6.28. The number of carbonyl (C=O) groups excluding carboxylic acids is 1. The van der Waals surface area contributed by atoms with Gasteiger partial charge in [-0.2, -0.15) is 33.1 Å². The van der Waals surface area contributed by atoms with Gasteiger partial charge in [0.15, 0.2) is 0 Å². The van der Waals surface area contributed by atoms with Gasteiger partial charge in [-0.25, -0.2) is 0 Å². The summed E-state index contributed by atoms with van der Waals surface area (Å²) in [6, 6.07) is 7.07. The van der Waals surface area contributed by atoms with Crippen molar-refractivity contribution in [3.8, 4) is 22.8 Å². The van der Waals surface area contributed by atoms with Crippen LogP contribution in [0.25, 0.3) is 17.1 Å². The number of amides is 1. The Morgan fingerprint density at radius 1 is 1.03 bits per heavy atom. The van der Waals surface area contributed by atoms with Gasteiger partial charge < -0.3 is 14.2 Å². The highest BCUT2D eigenvalue weighted by Crippen LogP contribution is 2.37. The van der Waals surface area contributed by atoms with Gasteiger partial charge in [0.05, 0.1) is 34.8 Å². The fraction of sp³-hybridized carbons (Fsp3) is 0.261. The Morgan fingerprint density at radius 2 is 1.76 bits per heavy atom. The maximum atomic E-state index is 13.5. The lowest BCUT2D eigenvalue weighted by Gasteiger charge is -2.23. The highest BCUT2D eigenvalue weighted by Gasteiger charge is 2.38. The summed E-state index contributed by atoms with van der Waals surface area (Å²) in [5.74, 6) is -1.39. The summed E-state index contributed by atoms with van der Waals surface area (Å²) in [6.07, 6.45) is -6.20. The van der Waals surface area contributed by atoms with Crippen molar-refractivity contribution < 1.29 is 40.4 Å². The zero-order valence-electron chi connectivity index (χ0n) is 19.1. The number of likely N-dealkylation sites (tertiary alicyclic amines) is 1. The first kappa shape index (κ1) is 25.2. The first-order valence-corrected chi connectivity index (χ1v) is 11.1. The molecule has 3 heterocycles. The monoisotopic (exact) mass is 538 g/mol. The van der Waals surface area contributed by atoms with E-state index in [4.69, 9.17) is 4.52 Å². The molecule has 1 aliphatic rings. The molecule has 5 rings (SSSR count). The number of carbonyl (C=O) groups is 1. The van der Waals surface area contributed by atoms with E-state index < -0.39 is 35.8 Å². The smallest absolute Gasteiger partial charge is 0.405 e. The summed E-state index contributed by atoms with van der Waals surface area (Å²) in [7, 11) is 0. The molecule has 9 nitrogen and oxygen atoms in total. The molecule has 4 aromatic rings. The molecule has 38 heavy (non-hydrogen) atoms. The molecule has 198 valence electrons. The lowest BCUT2D eigenvalue weighted by Crippen LogP contribution is -2.32. The van der Waals surface area contributed by atoms with Gasteiger partial charge in [0, 0.05) is 6.54 Å². The minimum Gasteiger partial charge on any atom is -0.405 e. The zero-order valence-corrected chi connectivity index (χ0v) is 19.1. The Bertz CT molecular complexity index is 1450. The molecule has 15 heteroatoms. The van der Waals surface area contributed by atoms with Crippen molar-refractivity contribution in [2.45, 2.75) is 31.4 Å². The van der Waals surface area contributed by atoms with Crippen LogP contribution in [0.2, 0.25) is 0 Å². The molecule has 2 aromatic carbocycles. The number of rotatable bonds is 5. The molecule has 1 amide bonds. The van der Waals surface area contributed by atoms with Crippen molar-refractivity contribution in [2.75, 3.05) is 6.54 Å². The molecule has 0 aliphatic carbocycles. The van der Waals surface area contributed by atoms with Crippen LogP contribution in [0.3, 0.4) is 0 Å². The Balaban J connectivity index is 1.46. The van der Waals surface area contributed by atoms with Crippen LogP contribution in [0, 0.1) is 0 Å². The van der Waals surface area contributed by atoms with Gasteiger partial charge in [-0.05, 0) is 43.2 Å². The molecule has 0 bridgehead atoms. The average molecular weight is 538 g/mol. The summed E-state index contributed by atoms with van der Waals surface area (Å²) in [4.78, 5) is 20.0. The standard InChI is InChI=1S/C23H16F6N6O3/c24-22(25,26)13-7-8-14(17(12-13)35-30-9-10-31-35)21(36)34-11-3-5-16(34)20-32-19(33-38-20)15-4-1-2-6-18(15)37-23(27,28)29/h1-2,4,6-10,12,16H,3,5,11H2. The molecular weight excluding hydrogens is 522 g/mol. The molecule has 0 saturated carbocycles. The van der Waals surface area contributed by atoms with Gasteiger partial charge in [-0.1, -0.05) is 17.3 Å². The van der Waals surface area contributed by atoms with Crippen LogP contribution < -0.4 is 4.74 Å². The van der Waals surface area contributed by atoms with Crippen molar-refractivity contribution in [2.24, 2.45) is 0 Å². The minimum absolute atomic E-state index is 0.0432. The topological polar surface area (TPSA) is 99.2 Å². The van der Waals surface area contributed by atoms with Gasteiger partial charge in [-0.15, -0.1) is 13.2 Å². The van der Waals surface area contributed by atoms with E-state index in [1.807, 2.05) is 0 Å². The second-order valence-electron chi connectivity index (χ2n) is 8.20. The van der Waals surface area contributed by atoms with Crippen molar-refractivity contribution >= 4 is 5.91 Å². The van der Waals surface area contributed by atoms with Crippen LogP contribution in [0.5, 0.6) is 5.75 Å². The molecule has 1 saturated heterocycles. The van der Waals surface area contributed by atoms with E-state index in [1.165, 1.54) is 35.5 Å². The van der Waals surface area contributed by atoms with Crippen LogP contribution in [0.15, 0.2) is 59.4 Å². The minimum atomic E-state index is -4.94. The van der Waals surface area contributed by atoms with Gasteiger partial charge in [0.2, 0.25) is 11.7 Å². The predicted octanol–water partition coefficient (Wildman–Crippen LogP) is 5.21. The largest absolute Gasteiger partial charge is 0.573 e. The Hall–Kier alpha value is -4.43. The summed E-state index contributed by atoms with van der Waals surface area (Å²) >= 11 is 0. The van der Waals surface area contributed by atoms with Crippen LogP contribution in [0.1, 0.15) is 40.7 Å². The number of hydrogen-bond acceptors (Lipinski definition) is 7. The molecule has 0 radical (unpaired) electrons. The average Bonchev–Trinajstić information content (AvgIpc) is 3.63. The normalized spacial score (nSPS) is 16.2. The van der Waals surface area contributed by atoms with Crippen LogP contribution in [-0.4, -0.2) is 48.8 Å². The zero-order chi connectivity index (χ0) is 27.1. The lowest BCUT2D eigenvalue weighted by molar-refractivity contribution is -0.274. The third kappa shape index (κ3) is 5.03. The van der Waals surface area contributed by atoms with E-state index in [2.05, 4.69) is 25.1 Å². The highest BCUT2D eigenvalue weighted by atomic mass is 19.4. The van der Waals surface area contributed by atoms with Crippen LogP contribution in [0.4, 0.5) is 26.3 Å². The van der Waals surface area contributed by atoms with Crippen molar-refractivity contribution in [3.63, 3.8) is 0 Å². The predicted molar refractivity (Wildman–Crippen MR) is 116 cm³/mol. The third-order valence-electron chi connectivity index (χ3n) is 5.78. The van der Waals surface area contributed by atoms with E-state index >= 15 is 0 Å². The van der Waals surface area contributed by atoms with Crippen LogP contribution >= 0.6 is 0 Å². The fourth-order valence-electron chi connectivity index (χ4n) is 4.16. The van der Waals surface area contributed by atoms with Crippen LogP contribution in [-0.2, 0) is 6.18 Å². The molecule has 1 fully saturated rings. The number of aromatic nitrogens is 5. The summed E-state index contributed by atoms with van der Waals surface area (Å²) in [6.45, 7) is 0.224. The number of halogens is 6. The number of ether oxygens (including phenoxy) is 1. The van der Waals surface area contributed by atoms with Gasteiger partial charge in [-0.3, -0.25) is 4.79 Å². The first-order valence-electron chi connectivity index (χ1n) is 11.1. The molecular formula is C23H16F6N6O3. The van der Waals surface area contributed by atoms with E-state index in [0.29, 0.717) is 12.8 Å². The molecule has 0 N–H and O–H groups in total. The van der Waals surface area contributed by atoms with Crippen molar-refractivity contribution in [1.29, 1.82) is 0 Å². The second-order valence-corrected chi connectivity index (χ2v) is 8.20. The number of nitrogens with zero attached hydrogens (tertiary/aromatic N) is 6. The number of benzene rings is 2. The van der Waals surface area contributed by atoms with E-state index in [-0.39, 0.29) is 35.1 Å². The van der Waals surface area contributed by atoms with Gasteiger partial charge >= 0.3 is 12.5 Å². The molecule has 1 aliphatic heterocycles. The first-order chi connectivity index (χ1) is 18.0. The highest BCUT2D eigenvalue weighted by molar-refractivity contribution is 5.98.